The molecular formula is C17H16FN3O4S2. The number of rotatable bonds is 7. The van der Waals surface area contributed by atoms with Crippen LogP contribution in [0.15, 0.2) is 53.4 Å². The average molecular weight is 409 g/mol. The maximum absolute atomic E-state index is 12.9. The molecule has 0 fully saturated rings. The Morgan fingerprint density at radius 3 is 2.63 bits per heavy atom. The average Bonchev–Trinajstić information content (AvgIpc) is 3.04. The third kappa shape index (κ3) is 4.86. The molecule has 1 amide bonds. The topological polar surface area (TPSA) is 88.6 Å². The summed E-state index contributed by atoms with van der Waals surface area (Å²) in [4.78, 5) is 24.5. The Morgan fingerprint density at radius 1 is 1.22 bits per heavy atom. The van der Waals surface area contributed by atoms with E-state index in [0.717, 1.165) is 39.5 Å². The molecule has 7 nitrogen and oxygen atoms in total. The molecule has 1 aromatic heterocycles. The molecule has 3 aromatic rings. The van der Waals surface area contributed by atoms with Gasteiger partial charge in [0.15, 0.2) is 0 Å². The lowest BCUT2D eigenvalue weighted by Crippen LogP contribution is -2.34. The van der Waals surface area contributed by atoms with Crippen LogP contribution in [-0.2, 0) is 26.2 Å². The van der Waals surface area contributed by atoms with Crippen LogP contribution in [0, 0.1) is 5.82 Å². The normalized spacial score (nSPS) is 11.6. The van der Waals surface area contributed by atoms with E-state index in [9.17, 15) is 17.6 Å². The van der Waals surface area contributed by atoms with Crippen LogP contribution >= 0.6 is 11.3 Å². The summed E-state index contributed by atoms with van der Waals surface area (Å²) in [5, 5.41) is 0.763. The molecule has 0 aliphatic heterocycles. The number of nitrogens with one attached hydrogen (secondary N) is 1. The molecular weight excluding hydrogens is 393 g/mol. The smallest absolute Gasteiger partial charge is 0.262 e. The lowest BCUT2D eigenvalue weighted by Gasteiger charge is -2.15. The van der Waals surface area contributed by atoms with Gasteiger partial charge in [0.2, 0.25) is 0 Å². The SMILES string of the molecule is CN(Cc1nc2ccccc2s1)C(=O)CONS(=O)(=O)c1ccc(F)cc1. The second-order valence-corrected chi connectivity index (χ2v) is 8.41. The molecule has 27 heavy (non-hydrogen) atoms. The highest BCUT2D eigenvalue weighted by atomic mass is 32.2. The van der Waals surface area contributed by atoms with E-state index in [1.165, 1.54) is 16.2 Å². The van der Waals surface area contributed by atoms with Crippen molar-refractivity contribution in [3.05, 3.63) is 59.4 Å². The fourth-order valence-corrected chi connectivity index (χ4v) is 4.05. The number of hydrogen-bond acceptors (Lipinski definition) is 6. The number of benzene rings is 2. The number of fused-ring (bicyclic) bond motifs is 1. The molecule has 142 valence electrons. The highest BCUT2D eigenvalue weighted by Crippen LogP contribution is 2.22. The molecule has 0 unspecified atom stereocenters. The zero-order valence-electron chi connectivity index (χ0n) is 14.3. The summed E-state index contributed by atoms with van der Waals surface area (Å²) in [5.41, 5.74) is 0.863. The summed E-state index contributed by atoms with van der Waals surface area (Å²) < 4.78 is 37.9. The Kier molecular flexibility index (Phi) is 5.80. The monoisotopic (exact) mass is 409 g/mol. The van der Waals surface area contributed by atoms with Gasteiger partial charge in [0.25, 0.3) is 15.9 Å². The van der Waals surface area contributed by atoms with E-state index in [-0.39, 0.29) is 11.4 Å². The van der Waals surface area contributed by atoms with Crippen molar-refractivity contribution in [1.82, 2.24) is 14.8 Å². The Bertz CT molecular complexity index is 1020. The molecule has 0 bridgehead atoms. The number of thiazole rings is 1. The minimum absolute atomic E-state index is 0.167. The summed E-state index contributed by atoms with van der Waals surface area (Å²) >= 11 is 1.48. The molecule has 0 saturated heterocycles. The Morgan fingerprint density at radius 2 is 1.93 bits per heavy atom. The van der Waals surface area contributed by atoms with Gasteiger partial charge in [0, 0.05) is 7.05 Å². The third-order valence-electron chi connectivity index (χ3n) is 3.62. The van der Waals surface area contributed by atoms with Crippen LogP contribution in [0.2, 0.25) is 0 Å². The zero-order chi connectivity index (χ0) is 19.4. The van der Waals surface area contributed by atoms with Gasteiger partial charge in [-0.15, -0.1) is 11.3 Å². The molecule has 0 saturated carbocycles. The molecule has 2 aromatic carbocycles. The summed E-state index contributed by atoms with van der Waals surface area (Å²) in [6.45, 7) is -0.200. The van der Waals surface area contributed by atoms with Gasteiger partial charge >= 0.3 is 0 Å². The zero-order valence-corrected chi connectivity index (χ0v) is 15.9. The standard InChI is InChI=1S/C17H16FN3O4S2/c1-21(10-16-19-14-4-2-3-5-15(14)26-16)17(22)11-25-20-27(23,24)13-8-6-12(18)7-9-13/h2-9,20H,10-11H2,1H3. The number of nitrogens with zero attached hydrogens (tertiary/aromatic N) is 2. The van der Waals surface area contributed by atoms with E-state index < -0.39 is 28.4 Å². The second kappa shape index (κ2) is 8.09. The van der Waals surface area contributed by atoms with E-state index in [1.54, 1.807) is 7.05 Å². The number of para-hydroxylation sites is 1. The van der Waals surface area contributed by atoms with Crippen molar-refractivity contribution in [2.24, 2.45) is 0 Å². The van der Waals surface area contributed by atoms with E-state index in [1.807, 2.05) is 29.2 Å². The van der Waals surface area contributed by atoms with Crippen LogP contribution in [0.25, 0.3) is 10.2 Å². The van der Waals surface area contributed by atoms with Crippen molar-refractivity contribution < 1.29 is 22.4 Å². The summed E-state index contributed by atoms with van der Waals surface area (Å²) in [6.07, 6.45) is 0. The quantitative estimate of drug-likeness (QED) is 0.605. The number of aromatic nitrogens is 1. The number of carbonyl (C=O) groups is 1. The number of sulfonamides is 1. The molecule has 1 heterocycles. The molecule has 0 spiro atoms. The van der Waals surface area contributed by atoms with Gasteiger partial charge in [-0.05, 0) is 36.4 Å². The van der Waals surface area contributed by atoms with Crippen LogP contribution in [-0.4, -0.2) is 37.9 Å². The number of amides is 1. The van der Waals surface area contributed by atoms with Crippen LogP contribution in [0.3, 0.4) is 0 Å². The first-order chi connectivity index (χ1) is 12.8. The lowest BCUT2D eigenvalue weighted by atomic mass is 10.3. The first-order valence-corrected chi connectivity index (χ1v) is 10.1. The highest BCUT2D eigenvalue weighted by Gasteiger charge is 2.17. The van der Waals surface area contributed by atoms with Crippen molar-refractivity contribution in [1.29, 1.82) is 0 Å². The largest absolute Gasteiger partial charge is 0.337 e. The van der Waals surface area contributed by atoms with Gasteiger partial charge in [0.05, 0.1) is 21.7 Å². The van der Waals surface area contributed by atoms with Crippen molar-refractivity contribution in [2.45, 2.75) is 11.4 Å². The minimum Gasteiger partial charge on any atom is -0.337 e. The predicted octanol–water partition coefficient (Wildman–Crippen LogP) is 2.30. The fourth-order valence-electron chi connectivity index (χ4n) is 2.22. The summed E-state index contributed by atoms with van der Waals surface area (Å²) in [5.74, 6) is -0.974. The first-order valence-electron chi connectivity index (χ1n) is 7.83. The Labute approximate surface area is 159 Å². The maximum Gasteiger partial charge on any atom is 0.262 e. The number of carbonyl (C=O) groups excluding carboxylic acids is 1. The Balaban J connectivity index is 1.53. The van der Waals surface area contributed by atoms with E-state index >= 15 is 0 Å². The lowest BCUT2D eigenvalue weighted by molar-refractivity contribution is -0.136. The van der Waals surface area contributed by atoms with Crippen LogP contribution < -0.4 is 4.89 Å². The summed E-state index contributed by atoms with van der Waals surface area (Å²) in [6, 6.07) is 11.9. The minimum atomic E-state index is -3.99. The number of hydrogen-bond donors (Lipinski definition) is 1. The molecule has 1 N–H and O–H groups in total. The van der Waals surface area contributed by atoms with Crippen LogP contribution in [0.1, 0.15) is 5.01 Å². The van der Waals surface area contributed by atoms with Gasteiger partial charge in [-0.1, -0.05) is 17.0 Å². The first kappa shape index (κ1) is 19.4. The third-order valence-corrected chi connectivity index (χ3v) is 5.88. The number of likely N-dealkylation sites (N-methyl/N-ethyl adjacent to an activating group) is 1. The maximum atomic E-state index is 12.9. The van der Waals surface area contributed by atoms with Gasteiger partial charge in [-0.3, -0.25) is 9.63 Å². The molecule has 0 aliphatic rings. The Hall–Kier alpha value is -2.40. The molecule has 0 radical (unpaired) electrons. The van der Waals surface area contributed by atoms with E-state index in [2.05, 4.69) is 4.98 Å². The second-order valence-electron chi connectivity index (χ2n) is 5.65. The molecule has 0 atom stereocenters. The van der Waals surface area contributed by atoms with Crippen molar-refractivity contribution in [2.75, 3.05) is 13.7 Å². The van der Waals surface area contributed by atoms with Gasteiger partial charge in [0.1, 0.15) is 17.4 Å². The molecule has 10 heteroatoms. The van der Waals surface area contributed by atoms with Gasteiger partial charge in [-0.2, -0.15) is 0 Å². The molecule has 0 aliphatic carbocycles. The van der Waals surface area contributed by atoms with Gasteiger partial charge in [-0.25, -0.2) is 17.8 Å². The predicted molar refractivity (Wildman–Crippen MR) is 98.8 cm³/mol. The van der Waals surface area contributed by atoms with Crippen LogP contribution in [0.5, 0.6) is 0 Å². The summed E-state index contributed by atoms with van der Waals surface area (Å²) in [7, 11) is -2.42. The highest BCUT2D eigenvalue weighted by molar-refractivity contribution is 7.89. The number of halogens is 1. The molecule has 3 rings (SSSR count). The van der Waals surface area contributed by atoms with Gasteiger partial charge < -0.3 is 4.90 Å². The van der Waals surface area contributed by atoms with Crippen LogP contribution in [0.4, 0.5) is 4.39 Å². The van der Waals surface area contributed by atoms with Crippen molar-refractivity contribution in [3.8, 4) is 0 Å². The fraction of sp³-hybridized carbons (Fsp3) is 0.176. The van der Waals surface area contributed by atoms with E-state index in [0.29, 0.717) is 0 Å². The van der Waals surface area contributed by atoms with Crippen molar-refractivity contribution in [3.63, 3.8) is 0 Å². The van der Waals surface area contributed by atoms with E-state index in [4.69, 9.17) is 4.84 Å². The van der Waals surface area contributed by atoms with Crippen molar-refractivity contribution >= 4 is 37.5 Å².